The summed E-state index contributed by atoms with van der Waals surface area (Å²) in [5.41, 5.74) is 1.40. The number of Topliss-reactive ketones (excluding diaryl/α,β-unsaturated/α-hetero) is 1. The third-order valence-corrected chi connectivity index (χ3v) is 4.94. The lowest BCUT2D eigenvalue weighted by Crippen LogP contribution is -2.36. The highest BCUT2D eigenvalue weighted by atomic mass is 16.6. The molecule has 166 valence electrons. The second kappa shape index (κ2) is 8.91. The first-order valence-corrected chi connectivity index (χ1v) is 10.5. The molecule has 0 saturated carbocycles. The lowest BCUT2D eigenvalue weighted by molar-refractivity contribution is 0.0218. The zero-order chi connectivity index (χ0) is 22.8. The average molecular weight is 428 g/mol. The van der Waals surface area contributed by atoms with Gasteiger partial charge in [-0.3, -0.25) is 9.69 Å². The van der Waals surface area contributed by atoms with Gasteiger partial charge in [0.15, 0.2) is 5.78 Å². The Hall–Kier alpha value is -3.16. The number of likely N-dealkylation sites (tertiary alicyclic amines) is 1. The van der Waals surface area contributed by atoms with Crippen molar-refractivity contribution in [3.63, 3.8) is 0 Å². The number of carbonyl (C=O) groups is 3. The van der Waals surface area contributed by atoms with E-state index in [1.54, 1.807) is 36.1 Å². The number of imidazole rings is 1. The molecule has 2 aromatic rings. The van der Waals surface area contributed by atoms with Crippen LogP contribution in [0.15, 0.2) is 24.3 Å². The number of hydrogen-bond acceptors (Lipinski definition) is 6. The van der Waals surface area contributed by atoms with Gasteiger partial charge in [-0.2, -0.15) is 0 Å². The van der Waals surface area contributed by atoms with Crippen molar-refractivity contribution in [3.8, 4) is 11.3 Å². The minimum absolute atomic E-state index is 0.162. The van der Waals surface area contributed by atoms with Crippen molar-refractivity contribution in [1.82, 2.24) is 14.9 Å². The summed E-state index contributed by atoms with van der Waals surface area (Å²) in [5.74, 6) is -0.00872. The quantitative estimate of drug-likeness (QED) is 0.556. The molecule has 2 heterocycles. The molecule has 0 unspecified atom stereocenters. The van der Waals surface area contributed by atoms with E-state index in [0.29, 0.717) is 41.5 Å². The van der Waals surface area contributed by atoms with Gasteiger partial charge in [-0.05, 0) is 52.7 Å². The summed E-state index contributed by atoms with van der Waals surface area (Å²) in [5, 5.41) is 0. The van der Waals surface area contributed by atoms with E-state index in [4.69, 9.17) is 9.47 Å². The Morgan fingerprint density at radius 2 is 1.87 bits per heavy atom. The van der Waals surface area contributed by atoms with Gasteiger partial charge in [-0.25, -0.2) is 14.6 Å². The predicted octanol–water partition coefficient (Wildman–Crippen LogP) is 4.53. The van der Waals surface area contributed by atoms with Gasteiger partial charge in [0.25, 0.3) is 0 Å². The van der Waals surface area contributed by atoms with Gasteiger partial charge in [0.2, 0.25) is 0 Å². The van der Waals surface area contributed by atoms with Crippen molar-refractivity contribution >= 4 is 17.8 Å². The van der Waals surface area contributed by atoms with Crippen molar-refractivity contribution in [1.29, 1.82) is 0 Å². The summed E-state index contributed by atoms with van der Waals surface area (Å²) in [6, 6.07) is 6.47. The molecule has 1 aliphatic heterocycles. The number of H-pyrrole nitrogens is 1. The Bertz CT molecular complexity index is 972. The van der Waals surface area contributed by atoms with Crippen molar-refractivity contribution in [2.24, 2.45) is 0 Å². The van der Waals surface area contributed by atoms with Gasteiger partial charge in [0.05, 0.1) is 23.9 Å². The number of aromatic amines is 1. The fourth-order valence-electron chi connectivity index (χ4n) is 3.58. The fraction of sp³-hybridized carbons (Fsp3) is 0.478. The van der Waals surface area contributed by atoms with Crippen molar-refractivity contribution < 1.29 is 23.9 Å². The molecule has 0 bridgehead atoms. The van der Waals surface area contributed by atoms with Gasteiger partial charge >= 0.3 is 12.1 Å². The molecule has 1 aliphatic rings. The lowest BCUT2D eigenvalue weighted by Gasteiger charge is -2.27. The molecule has 31 heavy (non-hydrogen) atoms. The number of ketones is 1. The van der Waals surface area contributed by atoms with Crippen LogP contribution in [0.2, 0.25) is 0 Å². The van der Waals surface area contributed by atoms with Crippen LogP contribution in [0.1, 0.15) is 80.2 Å². The maximum absolute atomic E-state index is 12.6. The Balaban J connectivity index is 1.91. The fourth-order valence-corrected chi connectivity index (χ4v) is 3.58. The molecule has 0 aliphatic carbocycles. The van der Waals surface area contributed by atoms with E-state index in [-0.39, 0.29) is 11.8 Å². The standard InChI is InChI=1S/C23H29N3O5/c1-6-30-21(28)16-11-9-15(10-12-16)19-18(14(2)27)24-20(25-19)17-8-7-13-26(17)22(29)31-23(3,4)5/h9-12,17H,6-8,13H2,1-5H3,(H,24,25)/t17-/m0/s1. The average Bonchev–Trinajstić information content (AvgIpc) is 3.34. The number of nitrogens with zero attached hydrogens (tertiary/aromatic N) is 2. The Morgan fingerprint density at radius 3 is 2.45 bits per heavy atom. The number of nitrogens with one attached hydrogen (secondary N) is 1. The minimum Gasteiger partial charge on any atom is -0.462 e. The zero-order valence-electron chi connectivity index (χ0n) is 18.7. The van der Waals surface area contributed by atoms with Crippen LogP contribution in [-0.4, -0.2) is 51.5 Å². The largest absolute Gasteiger partial charge is 0.462 e. The molecule has 1 N–H and O–H groups in total. The summed E-state index contributed by atoms with van der Waals surface area (Å²) >= 11 is 0. The number of hydrogen-bond donors (Lipinski definition) is 1. The van der Waals surface area contributed by atoms with Crippen molar-refractivity contribution in [2.45, 2.75) is 59.1 Å². The van der Waals surface area contributed by atoms with E-state index in [1.165, 1.54) is 6.92 Å². The van der Waals surface area contributed by atoms with Crippen LogP contribution in [0, 0.1) is 0 Å². The molecule has 0 radical (unpaired) electrons. The highest BCUT2D eigenvalue weighted by Gasteiger charge is 2.35. The summed E-state index contributed by atoms with van der Waals surface area (Å²) in [4.78, 5) is 46.3. The van der Waals surface area contributed by atoms with Crippen LogP contribution in [0.3, 0.4) is 0 Å². The third kappa shape index (κ3) is 5.13. The first-order chi connectivity index (χ1) is 14.6. The minimum atomic E-state index is -0.593. The lowest BCUT2D eigenvalue weighted by atomic mass is 10.1. The van der Waals surface area contributed by atoms with Crippen LogP contribution in [-0.2, 0) is 9.47 Å². The zero-order valence-corrected chi connectivity index (χ0v) is 18.7. The smallest absolute Gasteiger partial charge is 0.410 e. The molecule has 1 aromatic heterocycles. The number of amides is 1. The number of esters is 1. The SMILES string of the molecule is CCOC(=O)c1ccc(-c2nc([C@@H]3CCCN3C(=O)OC(C)(C)C)[nH]c2C(C)=O)cc1. The van der Waals surface area contributed by atoms with Gasteiger partial charge in [0.1, 0.15) is 17.1 Å². The predicted molar refractivity (Wildman–Crippen MR) is 115 cm³/mol. The molecule has 1 saturated heterocycles. The maximum Gasteiger partial charge on any atom is 0.410 e. The Labute approximate surface area is 181 Å². The summed E-state index contributed by atoms with van der Waals surface area (Å²) < 4.78 is 10.5. The van der Waals surface area contributed by atoms with Crippen LogP contribution in [0.4, 0.5) is 4.79 Å². The highest BCUT2D eigenvalue weighted by molar-refractivity contribution is 5.98. The van der Waals surface area contributed by atoms with E-state index in [1.807, 2.05) is 20.8 Å². The molecule has 1 aromatic carbocycles. The van der Waals surface area contributed by atoms with E-state index in [2.05, 4.69) is 9.97 Å². The number of ether oxygens (including phenoxy) is 2. The highest BCUT2D eigenvalue weighted by Crippen LogP contribution is 2.34. The number of aromatic nitrogens is 2. The van der Waals surface area contributed by atoms with Crippen LogP contribution < -0.4 is 0 Å². The molecule has 3 rings (SSSR count). The second-order valence-electron chi connectivity index (χ2n) is 8.53. The molecular weight excluding hydrogens is 398 g/mol. The first-order valence-electron chi connectivity index (χ1n) is 10.5. The second-order valence-corrected chi connectivity index (χ2v) is 8.53. The van der Waals surface area contributed by atoms with Gasteiger partial charge in [-0.15, -0.1) is 0 Å². The molecule has 1 amide bonds. The molecule has 8 heteroatoms. The molecular formula is C23H29N3O5. The van der Waals surface area contributed by atoms with Crippen molar-refractivity contribution in [2.75, 3.05) is 13.2 Å². The molecule has 0 spiro atoms. The van der Waals surface area contributed by atoms with E-state index >= 15 is 0 Å². The summed E-state index contributed by atoms with van der Waals surface area (Å²) in [6.45, 7) is 9.57. The summed E-state index contributed by atoms with van der Waals surface area (Å²) in [6.07, 6.45) is 1.16. The van der Waals surface area contributed by atoms with E-state index in [9.17, 15) is 14.4 Å². The normalized spacial score (nSPS) is 16.3. The Morgan fingerprint density at radius 1 is 1.19 bits per heavy atom. The maximum atomic E-state index is 12.6. The topological polar surface area (TPSA) is 102 Å². The monoisotopic (exact) mass is 427 g/mol. The summed E-state index contributed by atoms with van der Waals surface area (Å²) in [7, 11) is 0. The van der Waals surface area contributed by atoms with Crippen LogP contribution in [0.5, 0.6) is 0 Å². The van der Waals surface area contributed by atoms with E-state index in [0.717, 1.165) is 12.8 Å². The van der Waals surface area contributed by atoms with Crippen LogP contribution >= 0.6 is 0 Å². The number of rotatable bonds is 5. The molecule has 8 nitrogen and oxygen atoms in total. The third-order valence-electron chi connectivity index (χ3n) is 4.94. The first kappa shape index (κ1) is 22.5. The number of carbonyl (C=O) groups excluding carboxylic acids is 3. The molecule has 1 atom stereocenters. The molecule has 1 fully saturated rings. The van der Waals surface area contributed by atoms with Gasteiger partial charge in [0, 0.05) is 19.0 Å². The number of benzene rings is 1. The van der Waals surface area contributed by atoms with Crippen molar-refractivity contribution in [3.05, 3.63) is 41.3 Å². The Kier molecular flexibility index (Phi) is 6.48. The van der Waals surface area contributed by atoms with Gasteiger partial charge in [-0.1, -0.05) is 12.1 Å². The van der Waals surface area contributed by atoms with E-state index < -0.39 is 17.7 Å². The van der Waals surface area contributed by atoms with Crippen LogP contribution in [0.25, 0.3) is 11.3 Å². The van der Waals surface area contributed by atoms with Gasteiger partial charge < -0.3 is 14.5 Å².